The van der Waals surface area contributed by atoms with Crippen molar-refractivity contribution in [1.82, 2.24) is 19.1 Å². The first-order valence-electron chi connectivity index (χ1n) is 10.5. The Morgan fingerprint density at radius 3 is 2.41 bits per heavy atom. The predicted molar refractivity (Wildman–Crippen MR) is 125 cm³/mol. The van der Waals surface area contributed by atoms with Gasteiger partial charge in [-0.25, -0.2) is 4.98 Å². The second-order valence-electron chi connectivity index (χ2n) is 7.69. The number of ether oxygens (including phenoxy) is 2. The molecular weight excluding hydrogens is 400 g/mol. The number of para-hydroxylation sites is 3. The van der Waals surface area contributed by atoms with E-state index in [0.717, 1.165) is 39.6 Å². The molecule has 0 saturated heterocycles. The molecule has 2 heterocycles. The monoisotopic (exact) mass is 424 g/mol. The zero-order chi connectivity index (χ0) is 22.1. The van der Waals surface area contributed by atoms with Crippen LogP contribution >= 0.6 is 0 Å². The van der Waals surface area contributed by atoms with E-state index in [-0.39, 0.29) is 0 Å². The number of fused-ring (bicyclic) bond motifs is 1. The molecule has 6 heteroatoms. The molecule has 5 aromatic rings. The van der Waals surface area contributed by atoms with Gasteiger partial charge in [0.2, 0.25) is 0 Å². The summed E-state index contributed by atoms with van der Waals surface area (Å²) in [5.41, 5.74) is 5.89. The van der Waals surface area contributed by atoms with Crippen LogP contribution in [0.25, 0.3) is 28.1 Å². The van der Waals surface area contributed by atoms with Crippen molar-refractivity contribution >= 4 is 11.0 Å². The number of hydrogen-bond acceptors (Lipinski definition) is 4. The summed E-state index contributed by atoms with van der Waals surface area (Å²) in [7, 11) is 3.63. The number of methoxy groups -OCH3 is 1. The molecule has 0 spiro atoms. The lowest BCUT2D eigenvalue weighted by atomic mass is 10.1. The largest absolute Gasteiger partial charge is 0.496 e. The Labute approximate surface area is 186 Å². The highest BCUT2D eigenvalue weighted by Gasteiger charge is 2.17. The highest BCUT2D eigenvalue weighted by molar-refractivity contribution is 5.76. The Bertz CT molecular complexity index is 1380. The normalized spacial score (nSPS) is 11.1. The molecule has 5 rings (SSSR count). The third-order valence-corrected chi connectivity index (χ3v) is 5.51. The average molecular weight is 425 g/mol. The maximum Gasteiger partial charge on any atom is 0.297 e. The third-order valence-electron chi connectivity index (χ3n) is 5.51. The molecule has 0 aliphatic carbocycles. The molecule has 6 nitrogen and oxygen atoms in total. The van der Waals surface area contributed by atoms with Gasteiger partial charge in [0.25, 0.3) is 6.01 Å². The number of aryl methyl sites for hydroxylation is 2. The topological polar surface area (TPSA) is 54.1 Å². The van der Waals surface area contributed by atoms with Gasteiger partial charge in [0.1, 0.15) is 18.2 Å². The number of nitrogens with zero attached hydrogens (tertiary/aromatic N) is 4. The van der Waals surface area contributed by atoms with Crippen LogP contribution in [-0.2, 0) is 13.7 Å². The van der Waals surface area contributed by atoms with Crippen LogP contribution in [-0.4, -0.2) is 26.2 Å². The molecule has 0 unspecified atom stereocenters. The Morgan fingerprint density at radius 1 is 0.875 bits per heavy atom. The van der Waals surface area contributed by atoms with Crippen molar-refractivity contribution in [3.05, 3.63) is 90.3 Å². The van der Waals surface area contributed by atoms with Crippen LogP contribution in [0.1, 0.15) is 11.3 Å². The summed E-state index contributed by atoms with van der Waals surface area (Å²) in [4.78, 5) is 9.50. The van der Waals surface area contributed by atoms with Gasteiger partial charge in [-0.3, -0.25) is 9.13 Å². The molecule has 0 saturated carbocycles. The second kappa shape index (κ2) is 8.23. The highest BCUT2D eigenvalue weighted by Crippen LogP contribution is 2.31. The van der Waals surface area contributed by atoms with E-state index in [1.54, 1.807) is 7.11 Å². The molecule has 0 aliphatic rings. The summed E-state index contributed by atoms with van der Waals surface area (Å²) in [5.74, 6) is 1.57. The van der Waals surface area contributed by atoms with E-state index in [0.29, 0.717) is 12.6 Å². The molecule has 32 heavy (non-hydrogen) atoms. The number of imidazole rings is 2. The zero-order valence-electron chi connectivity index (χ0n) is 18.3. The van der Waals surface area contributed by atoms with E-state index >= 15 is 0 Å². The maximum absolute atomic E-state index is 6.07. The number of benzene rings is 3. The maximum atomic E-state index is 6.07. The lowest BCUT2D eigenvalue weighted by Gasteiger charge is -2.11. The lowest BCUT2D eigenvalue weighted by molar-refractivity contribution is 0.269. The van der Waals surface area contributed by atoms with Crippen LogP contribution in [0.4, 0.5) is 0 Å². The Morgan fingerprint density at radius 2 is 1.62 bits per heavy atom. The Hall–Kier alpha value is -4.06. The molecule has 2 aromatic heterocycles. The molecule has 160 valence electrons. The minimum absolute atomic E-state index is 0.304. The van der Waals surface area contributed by atoms with Gasteiger partial charge < -0.3 is 9.47 Å². The van der Waals surface area contributed by atoms with Crippen LogP contribution < -0.4 is 9.47 Å². The van der Waals surface area contributed by atoms with Gasteiger partial charge >= 0.3 is 0 Å². The van der Waals surface area contributed by atoms with Crippen LogP contribution in [0.15, 0.2) is 79.0 Å². The molecule has 0 amide bonds. The van der Waals surface area contributed by atoms with Crippen molar-refractivity contribution in [2.45, 2.75) is 13.5 Å². The lowest BCUT2D eigenvalue weighted by Crippen LogP contribution is -2.01. The third kappa shape index (κ3) is 3.60. The predicted octanol–water partition coefficient (Wildman–Crippen LogP) is 5.32. The van der Waals surface area contributed by atoms with E-state index in [9.17, 15) is 0 Å². The number of rotatable bonds is 6. The van der Waals surface area contributed by atoms with Gasteiger partial charge in [-0.15, -0.1) is 0 Å². The number of aromatic nitrogens is 4. The van der Waals surface area contributed by atoms with Gasteiger partial charge in [-0.05, 0) is 43.3 Å². The number of hydrogen-bond donors (Lipinski definition) is 0. The van der Waals surface area contributed by atoms with Crippen LogP contribution in [0.2, 0.25) is 0 Å². The molecule has 3 aromatic carbocycles. The zero-order valence-corrected chi connectivity index (χ0v) is 18.3. The molecular formula is C26H24N4O2. The van der Waals surface area contributed by atoms with Crippen molar-refractivity contribution in [2.75, 3.05) is 7.11 Å². The fourth-order valence-corrected chi connectivity index (χ4v) is 3.81. The minimum atomic E-state index is 0.304. The Kier molecular flexibility index (Phi) is 5.11. The van der Waals surface area contributed by atoms with Crippen LogP contribution in [0, 0.1) is 6.92 Å². The first-order valence-corrected chi connectivity index (χ1v) is 10.5. The fourth-order valence-electron chi connectivity index (χ4n) is 3.81. The minimum Gasteiger partial charge on any atom is -0.496 e. The van der Waals surface area contributed by atoms with Gasteiger partial charge in [0, 0.05) is 18.9 Å². The van der Waals surface area contributed by atoms with Gasteiger partial charge in [-0.2, -0.15) is 4.98 Å². The summed E-state index contributed by atoms with van der Waals surface area (Å²) in [6.45, 7) is 2.38. The molecule has 0 N–H and O–H groups in total. The van der Waals surface area contributed by atoms with Crippen molar-refractivity contribution < 1.29 is 9.47 Å². The van der Waals surface area contributed by atoms with Crippen molar-refractivity contribution in [1.29, 1.82) is 0 Å². The van der Waals surface area contributed by atoms with E-state index in [2.05, 4.69) is 40.7 Å². The summed E-state index contributed by atoms with van der Waals surface area (Å²) in [6.07, 6.45) is 2.01. The van der Waals surface area contributed by atoms with Crippen molar-refractivity contribution in [3.63, 3.8) is 0 Å². The Balaban J connectivity index is 1.53. The summed E-state index contributed by atoms with van der Waals surface area (Å²) in [5, 5.41) is 0. The molecule has 0 aliphatic heterocycles. The molecule has 0 atom stereocenters. The van der Waals surface area contributed by atoms with Crippen LogP contribution in [0.3, 0.4) is 0 Å². The van der Waals surface area contributed by atoms with E-state index < -0.39 is 0 Å². The SMILES string of the molecule is COc1ccccc1-c1nc(COc2nc3ccccc3n2C)cn1-c1ccc(C)cc1. The first-order chi connectivity index (χ1) is 15.6. The van der Waals surface area contributed by atoms with Crippen molar-refractivity contribution in [2.24, 2.45) is 7.05 Å². The second-order valence-corrected chi connectivity index (χ2v) is 7.69. The van der Waals surface area contributed by atoms with Crippen LogP contribution in [0.5, 0.6) is 11.8 Å². The molecule has 0 radical (unpaired) electrons. The summed E-state index contributed by atoms with van der Waals surface area (Å²) >= 11 is 0. The summed E-state index contributed by atoms with van der Waals surface area (Å²) < 4.78 is 15.7. The van der Waals surface area contributed by atoms with Gasteiger partial charge in [-0.1, -0.05) is 42.0 Å². The fraction of sp³-hybridized carbons (Fsp3) is 0.154. The standard InChI is InChI=1S/C26H24N4O2/c1-18-12-14-20(15-13-18)30-16-19(27-25(30)21-8-4-7-11-24(21)31-3)17-32-26-28-22-9-5-6-10-23(22)29(26)2/h4-16H,17H2,1-3H3. The molecule has 0 fully saturated rings. The van der Waals surface area contributed by atoms with E-state index in [1.165, 1.54) is 5.56 Å². The summed E-state index contributed by atoms with van der Waals surface area (Å²) in [6, 6.07) is 24.8. The average Bonchev–Trinajstić information content (AvgIpc) is 3.39. The van der Waals surface area contributed by atoms with Gasteiger partial charge in [0.15, 0.2) is 0 Å². The molecule has 0 bridgehead atoms. The van der Waals surface area contributed by atoms with E-state index in [1.807, 2.05) is 66.3 Å². The smallest absolute Gasteiger partial charge is 0.297 e. The van der Waals surface area contributed by atoms with Crippen molar-refractivity contribution in [3.8, 4) is 28.8 Å². The quantitative estimate of drug-likeness (QED) is 0.370. The van der Waals surface area contributed by atoms with E-state index in [4.69, 9.17) is 14.5 Å². The highest BCUT2D eigenvalue weighted by atomic mass is 16.5. The first kappa shape index (κ1) is 19.9. The van der Waals surface area contributed by atoms with Gasteiger partial charge in [0.05, 0.1) is 29.4 Å².